The summed E-state index contributed by atoms with van der Waals surface area (Å²) in [6, 6.07) is 6.36. The van der Waals surface area contributed by atoms with Crippen LogP contribution in [0.3, 0.4) is 0 Å². The Balaban J connectivity index is 1.83. The Hall–Kier alpha value is -1.09. The molecule has 0 radical (unpaired) electrons. The molecule has 0 amide bonds. The molecule has 2 bridgehead atoms. The number of rotatable bonds is 4. The number of piperidine rings is 1. The highest BCUT2D eigenvalue weighted by Crippen LogP contribution is 2.41. The summed E-state index contributed by atoms with van der Waals surface area (Å²) < 4.78 is 13.5. The smallest absolute Gasteiger partial charge is 0.123 e. The van der Waals surface area contributed by atoms with Crippen LogP contribution < -0.4 is 10.2 Å². The quantitative estimate of drug-likeness (QED) is 0.895. The van der Waals surface area contributed by atoms with Crippen LogP contribution in [0.4, 0.5) is 10.1 Å². The van der Waals surface area contributed by atoms with Gasteiger partial charge in [0.1, 0.15) is 5.82 Å². The van der Waals surface area contributed by atoms with E-state index in [1.54, 1.807) is 12.1 Å². The van der Waals surface area contributed by atoms with Crippen molar-refractivity contribution in [2.75, 3.05) is 11.4 Å². The fourth-order valence-electron chi connectivity index (χ4n) is 3.51. The molecule has 2 aliphatic rings. The third-order valence-electron chi connectivity index (χ3n) is 4.46. The van der Waals surface area contributed by atoms with E-state index in [0.717, 1.165) is 24.6 Å². The maximum Gasteiger partial charge on any atom is 0.123 e. The Morgan fingerprint density at radius 3 is 2.84 bits per heavy atom. The fraction of sp³-hybridized carbons (Fsp3) is 0.625. The lowest BCUT2D eigenvalue weighted by Crippen LogP contribution is -2.33. The van der Waals surface area contributed by atoms with Crippen molar-refractivity contribution in [1.29, 1.82) is 0 Å². The molecule has 1 aromatic rings. The number of halogens is 1. The molecular weight excluding hydrogens is 239 g/mol. The van der Waals surface area contributed by atoms with Gasteiger partial charge in [-0.05, 0) is 48.9 Å². The molecule has 2 nitrogen and oxygen atoms in total. The summed E-state index contributed by atoms with van der Waals surface area (Å²) >= 11 is 0. The van der Waals surface area contributed by atoms with E-state index in [1.807, 2.05) is 6.07 Å². The van der Waals surface area contributed by atoms with E-state index in [-0.39, 0.29) is 5.82 Å². The summed E-state index contributed by atoms with van der Waals surface area (Å²) in [4.78, 5) is 2.50. The highest BCUT2D eigenvalue weighted by molar-refractivity contribution is 5.56. The summed E-state index contributed by atoms with van der Waals surface area (Å²) in [6.07, 6.45) is 4.01. The zero-order chi connectivity index (χ0) is 13.4. The second kappa shape index (κ2) is 5.12. The Labute approximate surface area is 115 Å². The number of benzene rings is 1. The van der Waals surface area contributed by atoms with Crippen molar-refractivity contribution in [3.63, 3.8) is 0 Å². The number of hydrogen-bond donors (Lipinski definition) is 1. The number of fused-ring (bicyclic) bond motifs is 2. The van der Waals surface area contributed by atoms with E-state index in [4.69, 9.17) is 0 Å². The van der Waals surface area contributed by atoms with Crippen LogP contribution in [0.25, 0.3) is 0 Å². The lowest BCUT2D eigenvalue weighted by molar-refractivity contribution is 0.546. The Kier molecular flexibility index (Phi) is 3.48. The van der Waals surface area contributed by atoms with E-state index in [9.17, 15) is 4.39 Å². The van der Waals surface area contributed by atoms with Gasteiger partial charge < -0.3 is 10.2 Å². The predicted molar refractivity (Wildman–Crippen MR) is 76.9 cm³/mol. The summed E-state index contributed by atoms with van der Waals surface area (Å²) in [7, 11) is 0. The van der Waals surface area contributed by atoms with Crippen LogP contribution in [-0.2, 0) is 6.54 Å². The first-order chi connectivity index (χ1) is 9.13. The predicted octanol–water partition coefficient (Wildman–Crippen LogP) is 3.31. The van der Waals surface area contributed by atoms with Gasteiger partial charge in [0.15, 0.2) is 0 Å². The van der Waals surface area contributed by atoms with Crippen LogP contribution in [0.1, 0.15) is 38.7 Å². The Morgan fingerprint density at radius 2 is 2.21 bits per heavy atom. The molecule has 3 heteroatoms. The van der Waals surface area contributed by atoms with E-state index in [0.29, 0.717) is 12.1 Å². The molecule has 1 N–H and O–H groups in total. The molecule has 0 aromatic heterocycles. The SMILES string of the molecule is CC(C)NCc1cc(F)ccc1N1CC2CCC1C2. The number of nitrogens with one attached hydrogen (secondary N) is 1. The van der Waals surface area contributed by atoms with Crippen molar-refractivity contribution in [3.8, 4) is 0 Å². The van der Waals surface area contributed by atoms with E-state index in [2.05, 4.69) is 24.1 Å². The Bertz CT molecular complexity index is 458. The topological polar surface area (TPSA) is 15.3 Å². The van der Waals surface area contributed by atoms with Gasteiger partial charge in [0.2, 0.25) is 0 Å². The van der Waals surface area contributed by atoms with Crippen LogP contribution in [0.2, 0.25) is 0 Å². The third kappa shape index (κ3) is 2.62. The first kappa shape index (κ1) is 12.9. The molecule has 1 heterocycles. The molecule has 2 atom stereocenters. The number of anilines is 1. The van der Waals surface area contributed by atoms with Gasteiger partial charge >= 0.3 is 0 Å². The van der Waals surface area contributed by atoms with E-state index < -0.39 is 0 Å². The standard InChI is InChI=1S/C16H23FN2/c1-11(2)18-9-13-8-14(17)4-6-16(13)19-10-12-3-5-15(19)7-12/h4,6,8,11-12,15,18H,3,5,7,9-10H2,1-2H3. The normalized spacial score (nSPS) is 25.6. The molecule has 1 aliphatic carbocycles. The first-order valence-electron chi connectivity index (χ1n) is 7.42. The molecule has 1 aromatic carbocycles. The van der Waals surface area contributed by atoms with Gasteiger partial charge in [0, 0.05) is 30.9 Å². The lowest BCUT2D eigenvalue weighted by Gasteiger charge is -2.31. The van der Waals surface area contributed by atoms with Gasteiger partial charge in [0.25, 0.3) is 0 Å². The van der Waals surface area contributed by atoms with Crippen LogP contribution in [0.15, 0.2) is 18.2 Å². The Morgan fingerprint density at radius 1 is 1.37 bits per heavy atom. The van der Waals surface area contributed by atoms with E-state index in [1.165, 1.54) is 24.9 Å². The van der Waals surface area contributed by atoms with Gasteiger partial charge in [0.05, 0.1) is 0 Å². The van der Waals surface area contributed by atoms with Gasteiger partial charge in [-0.2, -0.15) is 0 Å². The van der Waals surface area contributed by atoms with E-state index >= 15 is 0 Å². The molecule has 3 rings (SSSR count). The van der Waals surface area contributed by atoms with Crippen LogP contribution >= 0.6 is 0 Å². The molecule has 19 heavy (non-hydrogen) atoms. The number of nitrogens with zero attached hydrogens (tertiary/aromatic N) is 1. The third-order valence-corrected chi connectivity index (χ3v) is 4.46. The minimum Gasteiger partial charge on any atom is -0.368 e. The lowest BCUT2D eigenvalue weighted by atomic mass is 10.1. The molecule has 2 unspecified atom stereocenters. The van der Waals surface area contributed by atoms with Crippen LogP contribution in [0.5, 0.6) is 0 Å². The van der Waals surface area contributed by atoms with Crippen molar-refractivity contribution in [1.82, 2.24) is 5.32 Å². The van der Waals surface area contributed by atoms with Crippen molar-refractivity contribution in [3.05, 3.63) is 29.6 Å². The van der Waals surface area contributed by atoms with Gasteiger partial charge in [-0.25, -0.2) is 4.39 Å². The summed E-state index contributed by atoms with van der Waals surface area (Å²) in [6.45, 7) is 6.15. The maximum absolute atomic E-state index is 13.5. The largest absolute Gasteiger partial charge is 0.368 e. The minimum atomic E-state index is -0.131. The zero-order valence-corrected chi connectivity index (χ0v) is 11.8. The van der Waals surface area contributed by atoms with Crippen molar-refractivity contribution >= 4 is 5.69 Å². The second-order valence-electron chi connectivity index (χ2n) is 6.29. The summed E-state index contributed by atoms with van der Waals surface area (Å²) in [5.74, 6) is 0.731. The van der Waals surface area contributed by atoms with Gasteiger partial charge in [-0.15, -0.1) is 0 Å². The minimum absolute atomic E-state index is 0.131. The highest BCUT2D eigenvalue weighted by atomic mass is 19.1. The van der Waals surface area contributed by atoms with Crippen LogP contribution in [-0.4, -0.2) is 18.6 Å². The van der Waals surface area contributed by atoms with Gasteiger partial charge in [-0.1, -0.05) is 13.8 Å². The monoisotopic (exact) mass is 262 g/mol. The molecule has 2 fully saturated rings. The summed E-state index contributed by atoms with van der Waals surface area (Å²) in [5.41, 5.74) is 2.34. The van der Waals surface area contributed by atoms with Crippen molar-refractivity contribution < 1.29 is 4.39 Å². The van der Waals surface area contributed by atoms with Crippen LogP contribution in [0, 0.1) is 11.7 Å². The molecule has 1 saturated carbocycles. The average Bonchev–Trinajstić information content (AvgIpc) is 2.98. The van der Waals surface area contributed by atoms with Crippen molar-refractivity contribution in [2.24, 2.45) is 5.92 Å². The summed E-state index contributed by atoms with van der Waals surface area (Å²) in [5, 5.41) is 3.40. The van der Waals surface area contributed by atoms with Gasteiger partial charge in [-0.3, -0.25) is 0 Å². The fourth-order valence-corrected chi connectivity index (χ4v) is 3.51. The molecule has 1 saturated heterocycles. The second-order valence-corrected chi connectivity index (χ2v) is 6.29. The number of hydrogen-bond acceptors (Lipinski definition) is 2. The molecule has 104 valence electrons. The molecule has 1 aliphatic heterocycles. The molecular formula is C16H23FN2. The molecule has 0 spiro atoms. The first-order valence-corrected chi connectivity index (χ1v) is 7.42. The highest BCUT2D eigenvalue weighted by Gasteiger charge is 2.38. The average molecular weight is 262 g/mol. The van der Waals surface area contributed by atoms with Crippen molar-refractivity contribution in [2.45, 2.75) is 51.7 Å². The maximum atomic E-state index is 13.5. The zero-order valence-electron chi connectivity index (χ0n) is 11.8.